The first-order chi connectivity index (χ1) is 14.9. The SMILES string of the molecule is CCCc1c(OCCCSc2ccc(-n3nnnc3C)cc2Cl)ccc(C(C)=O)c1O. The van der Waals surface area contributed by atoms with Crippen LogP contribution in [-0.2, 0) is 6.42 Å². The lowest BCUT2D eigenvalue weighted by molar-refractivity contribution is 0.101. The van der Waals surface area contributed by atoms with Crippen molar-refractivity contribution in [2.45, 2.75) is 44.9 Å². The molecule has 0 radical (unpaired) electrons. The summed E-state index contributed by atoms with van der Waals surface area (Å²) in [6.07, 6.45) is 2.30. The molecule has 1 N–H and O–H groups in total. The Hall–Kier alpha value is -2.58. The van der Waals surface area contributed by atoms with Crippen LogP contribution in [0.4, 0.5) is 0 Å². The Kier molecular flexibility index (Phi) is 7.92. The number of phenols is 1. The highest BCUT2D eigenvalue weighted by molar-refractivity contribution is 7.99. The molecule has 0 saturated carbocycles. The van der Waals surface area contributed by atoms with E-state index in [4.69, 9.17) is 16.3 Å². The molecule has 3 rings (SSSR count). The number of phenolic OH excluding ortho intramolecular Hbond substituents is 1. The highest BCUT2D eigenvalue weighted by atomic mass is 35.5. The van der Waals surface area contributed by atoms with Gasteiger partial charge in [-0.1, -0.05) is 24.9 Å². The van der Waals surface area contributed by atoms with Crippen molar-refractivity contribution in [1.29, 1.82) is 0 Å². The van der Waals surface area contributed by atoms with Gasteiger partial charge in [0, 0.05) is 16.2 Å². The number of carbonyl (C=O) groups excluding carboxylic acids is 1. The number of hydrogen-bond acceptors (Lipinski definition) is 7. The van der Waals surface area contributed by atoms with Crippen molar-refractivity contribution in [3.05, 3.63) is 52.3 Å². The predicted octanol–water partition coefficient (Wildman–Crippen LogP) is 5.05. The zero-order valence-corrected chi connectivity index (χ0v) is 19.3. The van der Waals surface area contributed by atoms with Gasteiger partial charge in [0.25, 0.3) is 0 Å². The monoisotopic (exact) mass is 460 g/mol. The molecule has 0 spiro atoms. The highest BCUT2D eigenvalue weighted by Crippen LogP contribution is 2.33. The summed E-state index contributed by atoms with van der Waals surface area (Å²) in [4.78, 5) is 12.7. The van der Waals surface area contributed by atoms with Crippen LogP contribution in [0.25, 0.3) is 5.69 Å². The van der Waals surface area contributed by atoms with Gasteiger partial charge >= 0.3 is 0 Å². The van der Waals surface area contributed by atoms with Gasteiger partial charge in [-0.2, -0.15) is 4.68 Å². The average Bonchev–Trinajstić information content (AvgIpc) is 3.16. The van der Waals surface area contributed by atoms with Gasteiger partial charge in [0.2, 0.25) is 0 Å². The maximum Gasteiger partial charge on any atom is 0.163 e. The number of rotatable bonds is 10. The number of nitrogens with zero attached hydrogens (tertiary/aromatic N) is 4. The Morgan fingerprint density at radius 3 is 2.74 bits per heavy atom. The Morgan fingerprint density at radius 2 is 2.10 bits per heavy atom. The molecule has 0 atom stereocenters. The van der Waals surface area contributed by atoms with Gasteiger partial charge in [-0.05, 0) is 67.4 Å². The lowest BCUT2D eigenvalue weighted by Crippen LogP contribution is -2.04. The first-order valence-corrected chi connectivity index (χ1v) is 11.4. The zero-order valence-electron chi connectivity index (χ0n) is 17.8. The Balaban J connectivity index is 1.55. The lowest BCUT2D eigenvalue weighted by atomic mass is 10.0. The number of aryl methyl sites for hydroxylation is 1. The van der Waals surface area contributed by atoms with E-state index in [-0.39, 0.29) is 11.5 Å². The topological polar surface area (TPSA) is 90.1 Å². The molecular formula is C22H25ClN4O3S. The molecular weight excluding hydrogens is 436 g/mol. The summed E-state index contributed by atoms with van der Waals surface area (Å²) in [6, 6.07) is 9.13. The third-order valence-corrected chi connectivity index (χ3v) is 6.29. The second-order valence-electron chi connectivity index (χ2n) is 7.05. The van der Waals surface area contributed by atoms with Crippen LogP contribution in [0.5, 0.6) is 11.5 Å². The zero-order chi connectivity index (χ0) is 22.4. The fourth-order valence-corrected chi connectivity index (χ4v) is 4.34. The van der Waals surface area contributed by atoms with Gasteiger partial charge in [-0.25, -0.2) is 0 Å². The van der Waals surface area contributed by atoms with Gasteiger partial charge in [-0.15, -0.1) is 16.9 Å². The highest BCUT2D eigenvalue weighted by Gasteiger charge is 2.16. The molecule has 3 aromatic rings. The van der Waals surface area contributed by atoms with E-state index in [1.54, 1.807) is 28.6 Å². The van der Waals surface area contributed by atoms with E-state index in [2.05, 4.69) is 15.5 Å². The van der Waals surface area contributed by atoms with Crippen LogP contribution in [-0.4, -0.2) is 43.5 Å². The summed E-state index contributed by atoms with van der Waals surface area (Å²) in [7, 11) is 0. The molecule has 0 amide bonds. The van der Waals surface area contributed by atoms with E-state index >= 15 is 0 Å². The van der Waals surface area contributed by atoms with Gasteiger partial charge in [-0.3, -0.25) is 4.79 Å². The average molecular weight is 461 g/mol. The van der Waals surface area contributed by atoms with Crippen molar-refractivity contribution in [2.75, 3.05) is 12.4 Å². The van der Waals surface area contributed by atoms with Crippen LogP contribution < -0.4 is 4.74 Å². The van der Waals surface area contributed by atoms with Crippen molar-refractivity contribution in [3.8, 4) is 17.2 Å². The first-order valence-electron chi connectivity index (χ1n) is 10.1. The molecule has 0 fully saturated rings. The van der Waals surface area contributed by atoms with Crippen LogP contribution in [0.15, 0.2) is 35.2 Å². The quantitative estimate of drug-likeness (QED) is 0.257. The number of benzene rings is 2. The van der Waals surface area contributed by atoms with Crippen LogP contribution in [0, 0.1) is 6.92 Å². The molecule has 0 saturated heterocycles. The van der Waals surface area contributed by atoms with Crippen molar-refractivity contribution in [1.82, 2.24) is 20.2 Å². The molecule has 31 heavy (non-hydrogen) atoms. The summed E-state index contributed by atoms with van der Waals surface area (Å²) in [5.74, 6) is 2.03. The summed E-state index contributed by atoms with van der Waals surface area (Å²) >= 11 is 8.08. The van der Waals surface area contributed by atoms with Crippen LogP contribution in [0.3, 0.4) is 0 Å². The van der Waals surface area contributed by atoms with E-state index in [9.17, 15) is 9.90 Å². The molecule has 0 aliphatic heterocycles. The standard InChI is InChI=1S/C22H25ClN4O3S/c1-4-6-18-20(9-8-17(14(2)28)22(18)29)30-11-5-12-31-21-10-7-16(13-19(21)23)27-15(3)24-25-26-27/h7-10,13,29H,4-6,11-12H2,1-3H3. The minimum Gasteiger partial charge on any atom is -0.507 e. The largest absolute Gasteiger partial charge is 0.507 e. The Bertz CT molecular complexity index is 1070. The minimum atomic E-state index is -0.157. The second kappa shape index (κ2) is 10.6. The second-order valence-corrected chi connectivity index (χ2v) is 8.59. The molecule has 9 heteroatoms. The Labute approximate surface area is 190 Å². The fourth-order valence-electron chi connectivity index (χ4n) is 3.16. The van der Waals surface area contributed by atoms with E-state index in [0.717, 1.165) is 29.2 Å². The van der Waals surface area contributed by atoms with E-state index in [0.29, 0.717) is 40.8 Å². The third-order valence-electron chi connectivity index (χ3n) is 4.71. The normalized spacial score (nSPS) is 11.0. The number of ketones is 1. The number of ether oxygens (including phenoxy) is 1. The molecule has 1 heterocycles. The lowest BCUT2D eigenvalue weighted by Gasteiger charge is -2.14. The summed E-state index contributed by atoms with van der Waals surface area (Å²) in [5, 5.41) is 22.6. The maximum absolute atomic E-state index is 11.7. The van der Waals surface area contributed by atoms with E-state index in [1.165, 1.54) is 6.92 Å². The molecule has 0 aliphatic carbocycles. The first kappa shape index (κ1) is 23.1. The number of thioether (sulfide) groups is 1. The number of carbonyl (C=O) groups is 1. The molecule has 0 bridgehead atoms. The number of tetrazole rings is 1. The number of Topliss-reactive ketones (excluding diaryl/α,β-unsaturated/α-hetero) is 1. The van der Waals surface area contributed by atoms with Crippen molar-refractivity contribution in [3.63, 3.8) is 0 Å². The molecule has 2 aromatic carbocycles. The van der Waals surface area contributed by atoms with Gasteiger partial charge < -0.3 is 9.84 Å². The Morgan fingerprint density at radius 1 is 1.29 bits per heavy atom. The smallest absolute Gasteiger partial charge is 0.163 e. The number of hydrogen-bond donors (Lipinski definition) is 1. The van der Waals surface area contributed by atoms with E-state index < -0.39 is 0 Å². The van der Waals surface area contributed by atoms with Crippen LogP contribution in [0.1, 0.15) is 48.4 Å². The maximum atomic E-state index is 11.7. The van der Waals surface area contributed by atoms with Crippen LogP contribution >= 0.6 is 23.4 Å². The molecule has 7 nitrogen and oxygen atoms in total. The number of aromatic hydroxyl groups is 1. The third kappa shape index (κ3) is 5.57. The number of aromatic nitrogens is 4. The molecule has 0 aliphatic rings. The number of halogens is 1. The van der Waals surface area contributed by atoms with Crippen LogP contribution in [0.2, 0.25) is 5.02 Å². The summed E-state index contributed by atoms with van der Waals surface area (Å²) in [6.45, 7) is 5.80. The van der Waals surface area contributed by atoms with Gasteiger partial charge in [0.15, 0.2) is 11.6 Å². The van der Waals surface area contributed by atoms with Crippen molar-refractivity contribution >= 4 is 29.1 Å². The molecule has 0 unspecified atom stereocenters. The summed E-state index contributed by atoms with van der Waals surface area (Å²) < 4.78 is 7.55. The summed E-state index contributed by atoms with van der Waals surface area (Å²) in [5.41, 5.74) is 1.85. The van der Waals surface area contributed by atoms with Gasteiger partial charge in [0.05, 0.1) is 22.9 Å². The van der Waals surface area contributed by atoms with Gasteiger partial charge in [0.1, 0.15) is 11.5 Å². The van der Waals surface area contributed by atoms with Crippen molar-refractivity contribution < 1.29 is 14.6 Å². The predicted molar refractivity (Wildman–Crippen MR) is 122 cm³/mol. The van der Waals surface area contributed by atoms with E-state index in [1.807, 2.05) is 32.0 Å². The molecule has 164 valence electrons. The molecule has 1 aromatic heterocycles. The fraction of sp³-hybridized carbons (Fsp3) is 0.364. The van der Waals surface area contributed by atoms with Crippen molar-refractivity contribution in [2.24, 2.45) is 0 Å². The minimum absolute atomic E-state index is 0.0333.